The Kier molecular flexibility index (Phi) is 6.45. The van der Waals surface area contributed by atoms with Crippen molar-refractivity contribution < 1.29 is 22.5 Å². The van der Waals surface area contributed by atoms with Gasteiger partial charge in [0.15, 0.2) is 11.4 Å². The molecule has 4 aromatic rings. The fraction of sp³-hybridized carbons (Fsp3) is 0.333. The molecule has 0 bridgehead atoms. The van der Waals surface area contributed by atoms with Gasteiger partial charge in [-0.25, -0.2) is 0 Å². The van der Waals surface area contributed by atoms with Gasteiger partial charge >= 0.3 is 6.18 Å². The maximum absolute atomic E-state index is 13.5. The summed E-state index contributed by atoms with van der Waals surface area (Å²) in [6.07, 6.45) is -2.69. The van der Waals surface area contributed by atoms with Crippen molar-refractivity contribution >= 4 is 17.0 Å². The molecule has 37 heavy (non-hydrogen) atoms. The van der Waals surface area contributed by atoms with Crippen LogP contribution in [0.1, 0.15) is 47.5 Å². The Morgan fingerprint density at radius 1 is 1.05 bits per heavy atom. The highest BCUT2D eigenvalue weighted by atomic mass is 32.2. The lowest BCUT2D eigenvalue weighted by Crippen LogP contribution is -2.42. The Labute approximate surface area is 216 Å². The molecule has 0 saturated heterocycles. The lowest BCUT2D eigenvalue weighted by molar-refractivity contribution is -0.145. The van der Waals surface area contributed by atoms with Gasteiger partial charge in [0.1, 0.15) is 5.60 Å². The smallest absolute Gasteiger partial charge is 0.452 e. The number of hydrogen-bond donors (Lipinski definition) is 0. The van der Waals surface area contributed by atoms with Gasteiger partial charge in [-0.15, -0.1) is 14.5 Å². The highest BCUT2D eigenvalue weighted by Gasteiger charge is 2.39. The van der Waals surface area contributed by atoms with Crippen LogP contribution in [0.25, 0.3) is 5.65 Å². The minimum atomic E-state index is -4.58. The maximum atomic E-state index is 13.5. The van der Waals surface area contributed by atoms with Crippen LogP contribution in [0.3, 0.4) is 0 Å². The lowest BCUT2D eigenvalue weighted by atomic mass is 9.98. The molecule has 6 nitrogen and oxygen atoms in total. The summed E-state index contributed by atoms with van der Waals surface area (Å²) in [5.74, 6) is -0.402. The molecule has 1 atom stereocenters. The third-order valence-electron chi connectivity index (χ3n) is 6.56. The average molecular weight is 529 g/mol. The van der Waals surface area contributed by atoms with E-state index in [1.807, 2.05) is 61.5 Å². The lowest BCUT2D eigenvalue weighted by Gasteiger charge is -2.28. The fourth-order valence-electron chi connectivity index (χ4n) is 4.67. The summed E-state index contributed by atoms with van der Waals surface area (Å²) >= 11 is -1.40. The molecule has 2 aromatic carbocycles. The summed E-state index contributed by atoms with van der Waals surface area (Å²) in [6, 6.07) is 15.2. The maximum Gasteiger partial charge on any atom is 0.452 e. The van der Waals surface area contributed by atoms with E-state index >= 15 is 0 Å². The number of hydrogen-bond acceptors (Lipinski definition) is 5. The van der Waals surface area contributed by atoms with Crippen LogP contribution >= 0.6 is 0 Å². The van der Waals surface area contributed by atoms with E-state index in [-0.39, 0.29) is 5.65 Å². The number of benzene rings is 2. The van der Waals surface area contributed by atoms with E-state index in [1.54, 1.807) is 13.0 Å². The highest BCUT2D eigenvalue weighted by molar-refractivity contribution is 7.89. The third-order valence-corrected chi connectivity index (χ3v) is 8.00. The predicted octanol–water partition coefficient (Wildman–Crippen LogP) is 5.65. The summed E-state index contributed by atoms with van der Waals surface area (Å²) in [5.41, 5.74) is 4.27. The number of alkyl halides is 3. The molecule has 1 unspecified atom stereocenters. The number of halogens is 3. The van der Waals surface area contributed by atoms with Crippen LogP contribution in [-0.2, 0) is 30.5 Å². The van der Waals surface area contributed by atoms with Crippen molar-refractivity contribution in [3.05, 3.63) is 88.4 Å². The standard InChI is InChI=1S/C27H27F3N4O2S/c1-17-9-10-19(13-20-11-12-34-24(18(20)2)31-32-25(34)27(28,29)30)14-21(17)15-33-16-26(3,4)36-22-7-5-6-8-23(22)37(33)35/h5-12,14H,13,15-16H2,1-4H3. The Balaban J connectivity index is 1.43. The van der Waals surface area contributed by atoms with Gasteiger partial charge in [0.2, 0.25) is 10.7 Å². The van der Waals surface area contributed by atoms with E-state index in [9.17, 15) is 17.7 Å². The van der Waals surface area contributed by atoms with Crippen LogP contribution in [0, 0.1) is 13.8 Å². The molecule has 5 rings (SSSR count). The van der Waals surface area contributed by atoms with Crippen molar-refractivity contribution in [1.82, 2.24) is 18.9 Å². The number of aryl methyl sites for hydroxylation is 2. The van der Waals surface area contributed by atoms with Gasteiger partial charge in [-0.1, -0.05) is 30.3 Å². The monoisotopic (exact) mass is 528 g/mol. The third kappa shape index (κ3) is 5.05. The van der Waals surface area contributed by atoms with Crippen LogP contribution in [0.5, 0.6) is 5.75 Å². The normalized spacial score (nSPS) is 17.9. The van der Waals surface area contributed by atoms with E-state index < -0.39 is 29.0 Å². The molecule has 0 fully saturated rings. The van der Waals surface area contributed by atoms with Crippen LogP contribution in [0.2, 0.25) is 0 Å². The molecule has 3 heterocycles. The molecule has 10 heteroatoms. The van der Waals surface area contributed by atoms with Gasteiger partial charge in [0.05, 0.1) is 24.5 Å². The number of ether oxygens (including phenoxy) is 1. The zero-order valence-electron chi connectivity index (χ0n) is 21.0. The molecule has 0 radical (unpaired) electrons. The summed E-state index contributed by atoms with van der Waals surface area (Å²) in [6.45, 7) is 8.68. The van der Waals surface area contributed by atoms with E-state index in [4.69, 9.17) is 4.74 Å². The van der Waals surface area contributed by atoms with Gasteiger partial charge in [-0.2, -0.15) is 13.2 Å². The number of rotatable bonds is 4. The zero-order chi connectivity index (χ0) is 26.5. The quantitative estimate of drug-likeness (QED) is 0.320. The Morgan fingerprint density at radius 3 is 2.57 bits per heavy atom. The zero-order valence-corrected chi connectivity index (χ0v) is 21.8. The van der Waals surface area contributed by atoms with Crippen molar-refractivity contribution in [3.63, 3.8) is 0 Å². The first kappa shape index (κ1) is 25.6. The molecule has 1 aliphatic heterocycles. The van der Waals surface area contributed by atoms with Gasteiger partial charge in [0, 0.05) is 6.20 Å². The van der Waals surface area contributed by atoms with Crippen molar-refractivity contribution in [2.45, 2.75) is 57.3 Å². The van der Waals surface area contributed by atoms with Crippen LogP contribution in [-0.4, -0.2) is 35.6 Å². The molecular weight excluding hydrogens is 501 g/mol. The first-order valence-corrected chi connectivity index (χ1v) is 13.0. The minimum absolute atomic E-state index is 0.193. The summed E-state index contributed by atoms with van der Waals surface area (Å²) < 4.78 is 62.3. The van der Waals surface area contributed by atoms with Gasteiger partial charge < -0.3 is 9.29 Å². The molecule has 0 amide bonds. The van der Waals surface area contributed by atoms with Crippen molar-refractivity contribution in [2.24, 2.45) is 0 Å². The van der Waals surface area contributed by atoms with Crippen LogP contribution < -0.4 is 4.74 Å². The first-order valence-electron chi connectivity index (χ1n) is 11.9. The van der Waals surface area contributed by atoms with E-state index in [0.29, 0.717) is 35.7 Å². The number of nitrogens with zero attached hydrogens (tertiary/aromatic N) is 4. The topological polar surface area (TPSA) is 65.7 Å². The molecule has 0 saturated carbocycles. The van der Waals surface area contributed by atoms with E-state index in [2.05, 4.69) is 16.3 Å². The first-order chi connectivity index (χ1) is 17.4. The minimum Gasteiger partial charge on any atom is -0.593 e. The SMILES string of the molecule is Cc1ccc(Cc2ccn3c(C(F)(F)F)nnc3c2C)cc1CN1CC(C)(C)Oc2ccccc2[S+]1[O-]. The molecular formula is C27H27F3N4O2S. The van der Waals surface area contributed by atoms with Gasteiger partial charge in [0.25, 0.3) is 0 Å². The molecule has 0 aliphatic carbocycles. The average Bonchev–Trinajstić information content (AvgIpc) is 3.24. The van der Waals surface area contributed by atoms with Crippen LogP contribution in [0.15, 0.2) is 59.6 Å². The summed E-state index contributed by atoms with van der Waals surface area (Å²) in [5, 5.41) is 7.14. The van der Waals surface area contributed by atoms with Crippen molar-refractivity contribution in [2.75, 3.05) is 6.54 Å². The second-order valence-corrected chi connectivity index (χ2v) is 11.4. The summed E-state index contributed by atoms with van der Waals surface area (Å²) in [7, 11) is 0. The predicted molar refractivity (Wildman–Crippen MR) is 135 cm³/mol. The fourth-order valence-corrected chi connectivity index (χ4v) is 6.11. The molecule has 0 N–H and O–H groups in total. The largest absolute Gasteiger partial charge is 0.593 e. The second-order valence-electron chi connectivity index (χ2n) is 9.97. The highest BCUT2D eigenvalue weighted by Crippen LogP contribution is 2.35. The Hall–Kier alpha value is -3.08. The van der Waals surface area contributed by atoms with E-state index in [1.165, 1.54) is 6.20 Å². The molecule has 1 aliphatic rings. The molecule has 0 spiro atoms. The summed E-state index contributed by atoms with van der Waals surface area (Å²) in [4.78, 5) is 0.650. The number of fused-ring (bicyclic) bond motifs is 2. The number of pyridine rings is 1. The van der Waals surface area contributed by atoms with E-state index in [0.717, 1.165) is 26.7 Å². The van der Waals surface area contributed by atoms with Crippen LogP contribution in [0.4, 0.5) is 13.2 Å². The van der Waals surface area contributed by atoms with Crippen molar-refractivity contribution in [1.29, 1.82) is 0 Å². The second kappa shape index (κ2) is 9.34. The number of para-hydroxylation sites is 1. The molecule has 2 aromatic heterocycles. The van der Waals surface area contributed by atoms with Gasteiger partial charge in [-0.3, -0.25) is 4.40 Å². The molecule has 194 valence electrons. The number of aromatic nitrogens is 3. The van der Waals surface area contributed by atoms with Crippen molar-refractivity contribution in [3.8, 4) is 5.75 Å². The van der Waals surface area contributed by atoms with Gasteiger partial charge in [-0.05, 0) is 80.1 Å². The Morgan fingerprint density at radius 2 is 1.81 bits per heavy atom. The Bertz CT molecular complexity index is 1470.